The average molecular weight is 494 g/mol. The summed E-state index contributed by atoms with van der Waals surface area (Å²) in [7, 11) is 0. The average Bonchev–Trinajstić information content (AvgIpc) is 2.81. The lowest BCUT2D eigenvalue weighted by Gasteiger charge is -2.48. The molecule has 6 N–H and O–H groups in total. The molecule has 0 aliphatic heterocycles. The van der Waals surface area contributed by atoms with Gasteiger partial charge in [-0.1, -0.05) is 18.2 Å². The number of primary amides is 1. The molecule has 9 nitrogen and oxygen atoms in total. The number of hydrogen-bond acceptors (Lipinski definition) is 8. The third-order valence-electron chi connectivity index (χ3n) is 7.72. The number of aliphatic hydroxyl groups excluding tert-OH is 2. The van der Waals surface area contributed by atoms with Gasteiger partial charge in [-0.15, -0.1) is 0 Å². The molecule has 0 saturated heterocycles. The van der Waals surface area contributed by atoms with Gasteiger partial charge < -0.3 is 30.9 Å². The zero-order valence-corrected chi connectivity index (χ0v) is 19.6. The Morgan fingerprint density at radius 2 is 1.92 bits per heavy atom. The van der Waals surface area contributed by atoms with Gasteiger partial charge in [0, 0.05) is 11.5 Å². The lowest BCUT2D eigenvalue weighted by atomic mass is 9.56. The van der Waals surface area contributed by atoms with Gasteiger partial charge in [-0.3, -0.25) is 14.4 Å². The summed E-state index contributed by atoms with van der Waals surface area (Å²) in [5.74, 6) is -6.64. The number of Topliss-reactive ketones (excluding diaryl/α,β-unsaturated/α-hetero) is 2. The maximum absolute atomic E-state index is 13.6. The molecule has 5 atom stereocenters. The lowest BCUT2D eigenvalue weighted by Crippen LogP contribution is -2.66. The Kier molecular flexibility index (Phi) is 5.65. The summed E-state index contributed by atoms with van der Waals surface area (Å²) in [5, 5.41) is 43.6. The molecular formula is C27H27NO8. The van der Waals surface area contributed by atoms with Crippen LogP contribution in [0.5, 0.6) is 11.5 Å². The van der Waals surface area contributed by atoms with Crippen molar-refractivity contribution in [3.63, 3.8) is 0 Å². The van der Waals surface area contributed by atoms with Gasteiger partial charge in [-0.25, -0.2) is 0 Å². The number of ketones is 2. The number of carbonyl (C=O) groups is 3. The largest absolute Gasteiger partial charge is 0.507 e. The monoisotopic (exact) mass is 493 g/mol. The highest BCUT2D eigenvalue weighted by Crippen LogP contribution is 2.52. The van der Waals surface area contributed by atoms with Crippen molar-refractivity contribution in [2.75, 3.05) is 6.61 Å². The van der Waals surface area contributed by atoms with Crippen molar-refractivity contribution >= 4 is 23.2 Å². The van der Waals surface area contributed by atoms with Crippen molar-refractivity contribution < 1.29 is 39.5 Å². The zero-order valence-electron chi connectivity index (χ0n) is 19.6. The van der Waals surface area contributed by atoms with E-state index < -0.39 is 52.7 Å². The molecule has 3 aliphatic rings. The van der Waals surface area contributed by atoms with Crippen LogP contribution in [0.15, 0.2) is 42.0 Å². The summed E-state index contributed by atoms with van der Waals surface area (Å²) in [4.78, 5) is 38.5. The first-order chi connectivity index (χ1) is 17.1. The number of nitrogens with two attached hydrogens (primary N) is 1. The second-order valence-electron chi connectivity index (χ2n) is 9.69. The molecule has 2 unspecified atom stereocenters. The fraction of sp³-hybridized carbons (Fsp3) is 0.370. The first-order valence-corrected chi connectivity index (χ1v) is 11.9. The van der Waals surface area contributed by atoms with Crippen molar-refractivity contribution in [3.8, 4) is 22.6 Å². The molecule has 5 rings (SSSR count). The number of amides is 1. The summed E-state index contributed by atoms with van der Waals surface area (Å²) in [5.41, 5.74) is 4.72. The molecule has 3 aliphatic carbocycles. The van der Waals surface area contributed by atoms with Crippen molar-refractivity contribution in [2.24, 2.45) is 23.5 Å². The van der Waals surface area contributed by atoms with Crippen LogP contribution in [0.3, 0.4) is 0 Å². The Morgan fingerprint density at radius 3 is 2.61 bits per heavy atom. The molecule has 2 saturated carbocycles. The Hall–Kier alpha value is -3.69. The summed E-state index contributed by atoms with van der Waals surface area (Å²) < 4.78 is 5.60. The van der Waals surface area contributed by atoms with E-state index in [1.807, 2.05) is 31.2 Å². The predicted octanol–water partition coefficient (Wildman–Crippen LogP) is 1.65. The van der Waals surface area contributed by atoms with Crippen LogP contribution >= 0.6 is 0 Å². The SMILES string of the molecule is CCOc1cccc(-c2ccc(O)c3c2C[C@H]2C[C@H]4CC(O)C(C(N)=O)C(=O)[C@@]4(O)C(=O)C2=C3O)c1. The van der Waals surface area contributed by atoms with Crippen LogP contribution in [0.25, 0.3) is 16.9 Å². The van der Waals surface area contributed by atoms with Gasteiger partial charge in [0.2, 0.25) is 11.7 Å². The fourth-order valence-electron chi connectivity index (χ4n) is 6.12. The normalized spacial score (nSPS) is 29.3. The molecule has 2 aromatic rings. The van der Waals surface area contributed by atoms with E-state index in [0.29, 0.717) is 17.9 Å². The van der Waals surface area contributed by atoms with Crippen LogP contribution in [0, 0.1) is 17.8 Å². The van der Waals surface area contributed by atoms with Gasteiger partial charge in [0.05, 0.1) is 18.3 Å². The summed E-state index contributed by atoms with van der Waals surface area (Å²) in [6.07, 6.45) is -1.21. The minimum atomic E-state index is -2.59. The number of carbonyl (C=O) groups excluding carboxylic acids is 3. The molecule has 9 heteroatoms. The molecule has 0 bridgehead atoms. The van der Waals surface area contributed by atoms with Crippen LogP contribution in [0.1, 0.15) is 30.9 Å². The van der Waals surface area contributed by atoms with E-state index in [9.17, 15) is 34.8 Å². The Bertz CT molecular complexity index is 1330. The van der Waals surface area contributed by atoms with Gasteiger partial charge >= 0.3 is 0 Å². The standard InChI is InChI=1S/C27H27NO8/c1-2-36-15-5-3-4-12(9-15)16-6-7-18(29)21-17(16)10-13-8-14-11-19(30)22(26(28)34)25(33)27(14,35)24(32)20(13)23(21)31/h3-7,9,13-14,19,22,29-31,35H,2,8,10-11H2,1H3,(H2,28,34)/t13-,14+,19?,22?,27+/m1/s1. The number of benzene rings is 2. The molecule has 1 amide bonds. The predicted molar refractivity (Wildman–Crippen MR) is 128 cm³/mol. The van der Waals surface area contributed by atoms with Crippen LogP contribution in [-0.4, -0.2) is 56.2 Å². The first kappa shape index (κ1) is 24.0. The number of aromatic hydroxyl groups is 1. The summed E-state index contributed by atoms with van der Waals surface area (Å²) >= 11 is 0. The molecule has 0 aromatic heterocycles. The van der Waals surface area contributed by atoms with Crippen molar-refractivity contribution in [1.82, 2.24) is 0 Å². The number of hydrogen-bond donors (Lipinski definition) is 5. The molecular weight excluding hydrogens is 466 g/mol. The minimum absolute atomic E-state index is 0.0608. The molecule has 0 radical (unpaired) electrons. The second-order valence-corrected chi connectivity index (χ2v) is 9.69. The van der Waals surface area contributed by atoms with E-state index >= 15 is 0 Å². The maximum atomic E-state index is 13.6. The summed E-state index contributed by atoms with van der Waals surface area (Å²) in [6.45, 7) is 2.36. The Morgan fingerprint density at radius 1 is 1.17 bits per heavy atom. The van der Waals surface area contributed by atoms with E-state index in [1.54, 1.807) is 6.07 Å². The molecule has 0 spiro atoms. The topological polar surface area (TPSA) is 167 Å². The highest BCUT2D eigenvalue weighted by molar-refractivity contribution is 6.24. The van der Waals surface area contributed by atoms with E-state index in [1.165, 1.54) is 6.07 Å². The third kappa shape index (κ3) is 3.34. The van der Waals surface area contributed by atoms with Gasteiger partial charge in [-0.05, 0) is 67.0 Å². The smallest absolute Gasteiger partial charge is 0.230 e. The third-order valence-corrected chi connectivity index (χ3v) is 7.72. The first-order valence-electron chi connectivity index (χ1n) is 11.9. The van der Waals surface area contributed by atoms with Crippen LogP contribution in [-0.2, 0) is 20.8 Å². The van der Waals surface area contributed by atoms with Gasteiger partial charge in [0.25, 0.3) is 0 Å². The zero-order chi connectivity index (χ0) is 25.9. The van der Waals surface area contributed by atoms with Crippen LogP contribution < -0.4 is 10.5 Å². The maximum Gasteiger partial charge on any atom is 0.230 e. The van der Waals surface area contributed by atoms with Gasteiger partial charge in [-0.2, -0.15) is 0 Å². The van der Waals surface area contributed by atoms with Gasteiger partial charge in [0.1, 0.15) is 23.2 Å². The van der Waals surface area contributed by atoms with Crippen LogP contribution in [0.2, 0.25) is 0 Å². The van der Waals surface area contributed by atoms with Crippen LogP contribution in [0.4, 0.5) is 0 Å². The van der Waals surface area contributed by atoms with E-state index in [0.717, 1.165) is 11.1 Å². The number of fused-ring (bicyclic) bond motifs is 3. The van der Waals surface area contributed by atoms with Crippen molar-refractivity contribution in [2.45, 2.75) is 37.9 Å². The summed E-state index contributed by atoms with van der Waals surface area (Å²) in [6, 6.07) is 10.5. The molecule has 2 aromatic carbocycles. The molecule has 2 fully saturated rings. The number of phenolic OH excluding ortho intramolecular Hbond substituents is 1. The molecule has 36 heavy (non-hydrogen) atoms. The number of aliphatic hydroxyl groups is 3. The molecule has 0 heterocycles. The Labute approximate surface area is 206 Å². The highest BCUT2D eigenvalue weighted by Gasteiger charge is 2.63. The highest BCUT2D eigenvalue weighted by atomic mass is 16.5. The van der Waals surface area contributed by atoms with Crippen molar-refractivity contribution in [1.29, 1.82) is 0 Å². The Balaban J connectivity index is 1.65. The molecule has 188 valence electrons. The number of ether oxygens (including phenoxy) is 1. The lowest BCUT2D eigenvalue weighted by molar-refractivity contribution is -0.174. The minimum Gasteiger partial charge on any atom is -0.507 e. The number of phenols is 1. The second kappa shape index (κ2) is 8.46. The number of rotatable bonds is 4. The fourth-order valence-corrected chi connectivity index (χ4v) is 6.12. The van der Waals surface area contributed by atoms with E-state index in [-0.39, 0.29) is 36.1 Å². The quantitative estimate of drug-likeness (QED) is 0.401. The van der Waals surface area contributed by atoms with Gasteiger partial charge in [0.15, 0.2) is 11.4 Å². The van der Waals surface area contributed by atoms with E-state index in [2.05, 4.69) is 0 Å². The van der Waals surface area contributed by atoms with E-state index in [4.69, 9.17) is 10.5 Å². The van der Waals surface area contributed by atoms with Crippen molar-refractivity contribution in [3.05, 3.63) is 53.1 Å².